The average molecular weight is 305 g/mol. The predicted molar refractivity (Wildman–Crippen MR) is 88.7 cm³/mol. The fraction of sp³-hybridized carbons (Fsp3) is 0.316. The van der Waals surface area contributed by atoms with E-state index >= 15 is 0 Å². The summed E-state index contributed by atoms with van der Waals surface area (Å²) in [5.74, 6) is 5.94. The molecule has 1 aliphatic heterocycles. The number of hydrogen-bond acceptors (Lipinski definition) is 3. The molecule has 0 bridgehead atoms. The maximum Gasteiger partial charge on any atom is 0.232 e. The molecule has 4 heteroatoms. The number of aromatic nitrogens is 2. The molecule has 1 atom stereocenters. The van der Waals surface area contributed by atoms with Gasteiger partial charge in [0.1, 0.15) is 5.69 Å². The molecule has 0 saturated carbocycles. The molecule has 116 valence electrons. The van der Waals surface area contributed by atoms with Crippen LogP contribution in [0.2, 0.25) is 0 Å². The second-order valence-electron chi connectivity index (χ2n) is 6.43. The van der Waals surface area contributed by atoms with Crippen LogP contribution in [0.25, 0.3) is 0 Å². The zero-order chi connectivity index (χ0) is 16.4. The molecule has 2 heterocycles. The van der Waals surface area contributed by atoms with Gasteiger partial charge in [-0.1, -0.05) is 24.1 Å². The van der Waals surface area contributed by atoms with Crippen molar-refractivity contribution in [2.45, 2.75) is 31.7 Å². The van der Waals surface area contributed by atoms with Crippen LogP contribution in [0.4, 0.5) is 0 Å². The first kappa shape index (κ1) is 15.2. The highest BCUT2D eigenvalue weighted by Crippen LogP contribution is 2.37. The number of likely N-dealkylation sites (N-methyl/N-ethyl adjacent to an activating group) is 1. The number of carbonyl (C=O) groups excluding carboxylic acids is 1. The van der Waals surface area contributed by atoms with E-state index in [2.05, 4.69) is 35.9 Å². The van der Waals surface area contributed by atoms with Gasteiger partial charge in [0.05, 0.1) is 11.6 Å². The first-order valence-electron chi connectivity index (χ1n) is 7.66. The molecule has 0 spiro atoms. The maximum absolute atomic E-state index is 12.3. The fourth-order valence-electron chi connectivity index (χ4n) is 2.74. The average Bonchev–Trinajstić information content (AvgIpc) is 2.78. The van der Waals surface area contributed by atoms with Crippen molar-refractivity contribution in [1.82, 2.24) is 15.1 Å². The molecule has 0 radical (unpaired) electrons. The molecule has 1 fully saturated rings. The number of carbonyl (C=O) groups is 1. The van der Waals surface area contributed by atoms with Gasteiger partial charge < -0.3 is 4.90 Å². The zero-order valence-electron chi connectivity index (χ0n) is 13.6. The molecule has 0 unspecified atom stereocenters. The van der Waals surface area contributed by atoms with E-state index in [0.29, 0.717) is 5.69 Å². The lowest BCUT2D eigenvalue weighted by molar-refractivity contribution is -0.130. The quantitative estimate of drug-likeness (QED) is 0.761. The van der Waals surface area contributed by atoms with Gasteiger partial charge in [-0.3, -0.25) is 4.79 Å². The molecule has 0 N–H and O–H groups in total. The summed E-state index contributed by atoms with van der Waals surface area (Å²) in [5, 5.41) is 8.37. The molecule has 1 aromatic heterocycles. The van der Waals surface area contributed by atoms with E-state index in [-0.39, 0.29) is 17.4 Å². The van der Waals surface area contributed by atoms with Crippen LogP contribution in [-0.4, -0.2) is 33.6 Å². The molecule has 3 rings (SSSR count). The highest BCUT2D eigenvalue weighted by molar-refractivity contribution is 5.86. The standard InChI is InChI=1S/C19H19N3O/c1-19(2)13-16(18(23)22(19)3)17-12-11-15(20-21-17)10-9-14-7-5-4-6-8-14/h4-8,11-12,16H,13H2,1-3H3/t16-/m0/s1. The summed E-state index contributed by atoms with van der Waals surface area (Å²) in [6.45, 7) is 4.13. The van der Waals surface area contributed by atoms with Crippen LogP contribution in [0.5, 0.6) is 0 Å². The molecule has 1 amide bonds. The van der Waals surface area contributed by atoms with Crippen LogP contribution in [0, 0.1) is 11.8 Å². The third-order valence-electron chi connectivity index (χ3n) is 4.39. The van der Waals surface area contributed by atoms with Crippen molar-refractivity contribution in [2.24, 2.45) is 0 Å². The van der Waals surface area contributed by atoms with Crippen LogP contribution >= 0.6 is 0 Å². The number of hydrogen-bond donors (Lipinski definition) is 0. The molecule has 2 aromatic rings. The second kappa shape index (κ2) is 5.85. The fourth-order valence-corrected chi connectivity index (χ4v) is 2.74. The molecule has 0 aliphatic carbocycles. The van der Waals surface area contributed by atoms with Gasteiger partial charge in [0.25, 0.3) is 0 Å². The van der Waals surface area contributed by atoms with Crippen LogP contribution in [0.3, 0.4) is 0 Å². The molecular formula is C19H19N3O. The summed E-state index contributed by atoms with van der Waals surface area (Å²) in [7, 11) is 1.84. The largest absolute Gasteiger partial charge is 0.340 e. The van der Waals surface area contributed by atoms with Crippen molar-refractivity contribution in [3.8, 4) is 11.8 Å². The van der Waals surface area contributed by atoms with Crippen LogP contribution in [0.1, 0.15) is 43.1 Å². The van der Waals surface area contributed by atoms with Crippen molar-refractivity contribution >= 4 is 5.91 Å². The van der Waals surface area contributed by atoms with Gasteiger partial charge in [0.15, 0.2) is 0 Å². The van der Waals surface area contributed by atoms with E-state index in [1.54, 1.807) is 4.90 Å². The first-order chi connectivity index (χ1) is 11.0. The van der Waals surface area contributed by atoms with E-state index in [0.717, 1.165) is 17.7 Å². The molecule has 4 nitrogen and oxygen atoms in total. The second-order valence-corrected chi connectivity index (χ2v) is 6.43. The SMILES string of the molecule is CN1C(=O)[C@H](c2ccc(C#Cc3ccccc3)nn2)CC1(C)C. The predicted octanol–water partition coefficient (Wildman–Crippen LogP) is 2.60. The summed E-state index contributed by atoms with van der Waals surface area (Å²) in [5.41, 5.74) is 2.12. The minimum absolute atomic E-state index is 0.104. The Morgan fingerprint density at radius 3 is 2.39 bits per heavy atom. The Morgan fingerprint density at radius 1 is 1.09 bits per heavy atom. The number of amides is 1. The molecule has 1 aromatic carbocycles. The minimum Gasteiger partial charge on any atom is -0.340 e. The lowest BCUT2D eigenvalue weighted by atomic mass is 9.94. The van der Waals surface area contributed by atoms with E-state index in [1.165, 1.54) is 0 Å². The normalized spacial score (nSPS) is 19.3. The van der Waals surface area contributed by atoms with Crippen LogP contribution < -0.4 is 0 Å². The summed E-state index contributed by atoms with van der Waals surface area (Å²) in [6, 6.07) is 13.4. The van der Waals surface area contributed by atoms with E-state index in [1.807, 2.05) is 49.5 Å². The van der Waals surface area contributed by atoms with Gasteiger partial charge in [0, 0.05) is 18.2 Å². The Hall–Kier alpha value is -2.67. The Kier molecular flexibility index (Phi) is 3.87. The van der Waals surface area contributed by atoms with Crippen LogP contribution in [0.15, 0.2) is 42.5 Å². The first-order valence-corrected chi connectivity index (χ1v) is 7.66. The van der Waals surface area contributed by atoms with Crippen molar-refractivity contribution in [3.63, 3.8) is 0 Å². The number of likely N-dealkylation sites (tertiary alicyclic amines) is 1. The Labute approximate surface area is 136 Å². The van der Waals surface area contributed by atoms with Gasteiger partial charge in [-0.15, -0.1) is 5.10 Å². The lowest BCUT2D eigenvalue weighted by Gasteiger charge is -2.26. The third kappa shape index (κ3) is 3.09. The van der Waals surface area contributed by atoms with E-state index in [9.17, 15) is 4.79 Å². The molecule has 1 aliphatic rings. The maximum atomic E-state index is 12.3. The van der Waals surface area contributed by atoms with Crippen molar-refractivity contribution in [1.29, 1.82) is 0 Å². The number of benzene rings is 1. The van der Waals surface area contributed by atoms with Gasteiger partial charge in [-0.05, 0) is 50.5 Å². The van der Waals surface area contributed by atoms with E-state index < -0.39 is 0 Å². The highest BCUT2D eigenvalue weighted by atomic mass is 16.2. The zero-order valence-corrected chi connectivity index (χ0v) is 13.6. The van der Waals surface area contributed by atoms with Crippen LogP contribution in [-0.2, 0) is 4.79 Å². The summed E-state index contributed by atoms with van der Waals surface area (Å²) in [6.07, 6.45) is 0.756. The summed E-state index contributed by atoms with van der Waals surface area (Å²) >= 11 is 0. The highest BCUT2D eigenvalue weighted by Gasteiger charge is 2.44. The Morgan fingerprint density at radius 2 is 1.83 bits per heavy atom. The van der Waals surface area contributed by atoms with Gasteiger partial charge in [-0.2, -0.15) is 5.10 Å². The summed E-state index contributed by atoms with van der Waals surface area (Å²) < 4.78 is 0. The third-order valence-corrected chi connectivity index (χ3v) is 4.39. The summed E-state index contributed by atoms with van der Waals surface area (Å²) in [4.78, 5) is 14.1. The molecular weight excluding hydrogens is 286 g/mol. The smallest absolute Gasteiger partial charge is 0.232 e. The lowest BCUT2D eigenvalue weighted by Crippen LogP contribution is -2.37. The van der Waals surface area contributed by atoms with Crippen molar-refractivity contribution < 1.29 is 4.79 Å². The Bertz CT molecular complexity index is 770. The topological polar surface area (TPSA) is 46.1 Å². The van der Waals surface area contributed by atoms with Gasteiger partial charge >= 0.3 is 0 Å². The van der Waals surface area contributed by atoms with Crippen molar-refractivity contribution in [2.75, 3.05) is 7.05 Å². The van der Waals surface area contributed by atoms with Gasteiger partial charge in [0.2, 0.25) is 5.91 Å². The molecule has 1 saturated heterocycles. The molecule has 23 heavy (non-hydrogen) atoms. The number of rotatable bonds is 1. The van der Waals surface area contributed by atoms with Gasteiger partial charge in [-0.25, -0.2) is 0 Å². The van der Waals surface area contributed by atoms with E-state index in [4.69, 9.17) is 0 Å². The minimum atomic E-state index is -0.210. The monoisotopic (exact) mass is 305 g/mol. The Balaban J connectivity index is 1.79. The number of nitrogens with zero attached hydrogens (tertiary/aromatic N) is 3. The van der Waals surface area contributed by atoms with Crippen molar-refractivity contribution in [3.05, 3.63) is 59.4 Å².